The highest BCUT2D eigenvalue weighted by Gasteiger charge is 2.23. The predicted molar refractivity (Wildman–Crippen MR) is 173 cm³/mol. The summed E-state index contributed by atoms with van der Waals surface area (Å²) in [6.07, 6.45) is -0.480. The third-order valence-electron chi connectivity index (χ3n) is 7.36. The first-order valence-electron chi connectivity index (χ1n) is 15.0. The number of aromatic nitrogens is 1. The molecule has 0 aliphatic carbocycles. The van der Waals surface area contributed by atoms with E-state index in [0.717, 1.165) is 19.6 Å². The van der Waals surface area contributed by atoms with Crippen LogP contribution in [0.4, 0.5) is 16.2 Å². The van der Waals surface area contributed by atoms with Gasteiger partial charge in [0.1, 0.15) is 5.69 Å². The molecule has 5 amide bonds. The van der Waals surface area contributed by atoms with Crippen LogP contribution in [0.3, 0.4) is 0 Å². The lowest BCUT2D eigenvalue weighted by Crippen LogP contribution is -2.47. The fourth-order valence-electron chi connectivity index (χ4n) is 4.79. The van der Waals surface area contributed by atoms with Gasteiger partial charge in [0.25, 0.3) is 5.91 Å². The lowest BCUT2D eigenvalue weighted by Gasteiger charge is -2.29. The van der Waals surface area contributed by atoms with Gasteiger partial charge in [0, 0.05) is 54.9 Å². The number of primary amides is 1. The van der Waals surface area contributed by atoms with Crippen LogP contribution in [0.5, 0.6) is 0 Å². The van der Waals surface area contributed by atoms with Crippen molar-refractivity contribution in [3.05, 3.63) is 65.9 Å². The molecule has 0 aliphatic heterocycles. The number of carbonyl (C=O) groups is 4. The molecule has 0 fully saturated rings. The average molecular weight is 622 g/mol. The molecule has 45 heavy (non-hydrogen) atoms. The minimum atomic E-state index is -0.969. The highest BCUT2D eigenvalue weighted by atomic mass is 16.3. The van der Waals surface area contributed by atoms with E-state index in [1.807, 2.05) is 0 Å². The van der Waals surface area contributed by atoms with Gasteiger partial charge in [-0.2, -0.15) is 0 Å². The molecule has 1 heterocycles. The molecule has 13 heteroatoms. The molecule has 0 saturated carbocycles. The van der Waals surface area contributed by atoms with Gasteiger partial charge in [-0.25, -0.2) is 9.78 Å². The Labute approximate surface area is 262 Å². The van der Waals surface area contributed by atoms with Gasteiger partial charge in [-0.05, 0) is 74.5 Å². The molecule has 2 aromatic carbocycles. The van der Waals surface area contributed by atoms with Crippen molar-refractivity contribution >= 4 is 46.0 Å². The fourth-order valence-corrected chi connectivity index (χ4v) is 4.79. The first-order chi connectivity index (χ1) is 21.5. The number of pyridine rings is 1. The van der Waals surface area contributed by atoms with Gasteiger partial charge in [0.05, 0.1) is 18.2 Å². The molecule has 0 radical (unpaired) electrons. The van der Waals surface area contributed by atoms with Crippen LogP contribution >= 0.6 is 0 Å². The van der Waals surface area contributed by atoms with Gasteiger partial charge in [-0.3, -0.25) is 19.3 Å². The number of nitrogens with two attached hydrogens (primary N) is 1. The molecule has 0 aliphatic rings. The number of benzene rings is 2. The molecular formula is C32H43N7O6. The van der Waals surface area contributed by atoms with E-state index in [1.165, 1.54) is 24.0 Å². The first-order valence-corrected chi connectivity index (χ1v) is 15.0. The van der Waals surface area contributed by atoms with Crippen molar-refractivity contribution in [1.82, 2.24) is 20.5 Å². The molecule has 2 unspecified atom stereocenters. The summed E-state index contributed by atoms with van der Waals surface area (Å²) in [7, 11) is 0. The number of aliphatic hydroxyl groups excluding tert-OH is 2. The Bertz CT molecular complexity index is 1460. The summed E-state index contributed by atoms with van der Waals surface area (Å²) >= 11 is 0. The highest BCUT2D eigenvalue weighted by molar-refractivity contribution is 6.03. The summed E-state index contributed by atoms with van der Waals surface area (Å²) in [5.74, 6) is -1.20. The molecule has 0 spiro atoms. The lowest BCUT2D eigenvalue weighted by atomic mass is 10.1. The number of fused-ring (bicyclic) bond motifs is 1. The number of anilines is 2. The van der Waals surface area contributed by atoms with E-state index in [9.17, 15) is 29.4 Å². The average Bonchev–Trinajstić information content (AvgIpc) is 3.03. The maximum absolute atomic E-state index is 13.7. The summed E-state index contributed by atoms with van der Waals surface area (Å²) in [6.45, 7) is 8.17. The van der Waals surface area contributed by atoms with Gasteiger partial charge in [-0.15, -0.1) is 0 Å². The van der Waals surface area contributed by atoms with E-state index in [2.05, 4.69) is 39.7 Å². The molecule has 0 bridgehead atoms. The van der Waals surface area contributed by atoms with E-state index in [4.69, 9.17) is 5.73 Å². The maximum Gasteiger partial charge on any atom is 0.326 e. The monoisotopic (exact) mass is 621 g/mol. The van der Waals surface area contributed by atoms with E-state index >= 15 is 0 Å². The Morgan fingerprint density at radius 3 is 2.31 bits per heavy atom. The molecule has 2 atom stereocenters. The topological polar surface area (TPSA) is 190 Å². The van der Waals surface area contributed by atoms with E-state index < -0.39 is 30.7 Å². The van der Waals surface area contributed by atoms with Crippen molar-refractivity contribution in [3.63, 3.8) is 0 Å². The molecule has 1 aromatic heterocycles. The minimum Gasteiger partial charge on any atom is -0.394 e. The number of hydrogen-bond donors (Lipinski definition) is 6. The molecular weight excluding hydrogens is 578 g/mol. The van der Waals surface area contributed by atoms with Crippen LogP contribution in [0.1, 0.15) is 54.5 Å². The van der Waals surface area contributed by atoms with Crippen molar-refractivity contribution < 1.29 is 29.4 Å². The van der Waals surface area contributed by atoms with Crippen LogP contribution in [0.15, 0.2) is 54.6 Å². The number of likely N-dealkylation sites (N-methyl/N-ethyl adjacent to an activating group) is 1. The second-order valence-electron chi connectivity index (χ2n) is 10.6. The van der Waals surface area contributed by atoms with Crippen molar-refractivity contribution in [2.75, 3.05) is 49.5 Å². The van der Waals surface area contributed by atoms with Gasteiger partial charge >= 0.3 is 6.03 Å². The fraction of sp³-hybridized carbons (Fsp3) is 0.406. The third-order valence-corrected chi connectivity index (χ3v) is 7.36. The second kappa shape index (κ2) is 17.0. The number of carbonyl (C=O) groups excluding carboxylic acids is 4. The number of aliphatic hydroxyl groups is 2. The standard InChI is InChI=1S/C32H43N7O6/c1-4-38(5-2)17-16-34-31(44)29-14-8-23-18-24(10-15-28(23)37-29)36-32(45)39(26-11-6-22(7-12-26)30(33)43)19-25(35-21(3)41)9-13-27(42)20-40/h6-8,10-12,14-15,18,25,27,40,42H,4-5,9,13,16-17,19-20H2,1-3H3,(H2,33,43)(H,34,44)(H,35,41)(H,36,45). The Hall–Kier alpha value is -4.59. The summed E-state index contributed by atoms with van der Waals surface area (Å²) in [4.78, 5) is 58.0. The Morgan fingerprint density at radius 1 is 0.978 bits per heavy atom. The van der Waals surface area contributed by atoms with Crippen LogP contribution in [0, 0.1) is 0 Å². The highest BCUT2D eigenvalue weighted by Crippen LogP contribution is 2.22. The third kappa shape index (κ3) is 10.5. The molecule has 0 saturated heterocycles. The van der Waals surface area contributed by atoms with Crippen LogP contribution in [-0.2, 0) is 4.79 Å². The smallest absolute Gasteiger partial charge is 0.326 e. The second-order valence-corrected chi connectivity index (χ2v) is 10.6. The minimum absolute atomic E-state index is 0.0291. The Kier molecular flexibility index (Phi) is 13.2. The number of nitrogens with zero attached hydrogens (tertiary/aromatic N) is 3. The predicted octanol–water partition coefficient (Wildman–Crippen LogP) is 2.08. The van der Waals surface area contributed by atoms with Crippen molar-refractivity contribution in [1.29, 1.82) is 0 Å². The van der Waals surface area contributed by atoms with Crippen molar-refractivity contribution in [2.45, 2.75) is 45.8 Å². The van der Waals surface area contributed by atoms with E-state index in [0.29, 0.717) is 34.5 Å². The van der Waals surface area contributed by atoms with Gasteiger partial charge in [-0.1, -0.05) is 19.9 Å². The van der Waals surface area contributed by atoms with Crippen LogP contribution in [0.25, 0.3) is 10.9 Å². The first kappa shape index (κ1) is 34.9. The van der Waals surface area contributed by atoms with Crippen LogP contribution in [-0.4, -0.2) is 95.3 Å². The number of amides is 5. The van der Waals surface area contributed by atoms with Crippen molar-refractivity contribution in [3.8, 4) is 0 Å². The Morgan fingerprint density at radius 2 is 1.69 bits per heavy atom. The molecule has 13 nitrogen and oxygen atoms in total. The summed E-state index contributed by atoms with van der Waals surface area (Å²) in [6, 6.07) is 13.6. The normalized spacial score (nSPS) is 12.4. The number of rotatable bonds is 16. The number of hydrogen-bond acceptors (Lipinski definition) is 8. The molecule has 242 valence electrons. The number of nitrogens with one attached hydrogen (secondary N) is 3. The van der Waals surface area contributed by atoms with Crippen molar-refractivity contribution in [2.24, 2.45) is 5.73 Å². The zero-order chi connectivity index (χ0) is 32.9. The summed E-state index contributed by atoms with van der Waals surface area (Å²) < 4.78 is 0. The summed E-state index contributed by atoms with van der Waals surface area (Å²) in [5, 5.41) is 28.4. The van der Waals surface area contributed by atoms with Gasteiger partial charge in [0.15, 0.2) is 0 Å². The van der Waals surface area contributed by atoms with E-state index in [1.54, 1.807) is 42.5 Å². The molecule has 7 N–H and O–H groups in total. The molecule has 3 rings (SSSR count). The molecule has 3 aromatic rings. The van der Waals surface area contributed by atoms with E-state index in [-0.39, 0.29) is 36.8 Å². The van der Waals surface area contributed by atoms with Gasteiger partial charge < -0.3 is 36.8 Å². The zero-order valence-corrected chi connectivity index (χ0v) is 26.0. The lowest BCUT2D eigenvalue weighted by molar-refractivity contribution is -0.119. The SMILES string of the molecule is CCN(CC)CCNC(=O)c1ccc2cc(NC(=O)N(CC(CCC(O)CO)NC(C)=O)c3ccc(C(N)=O)cc3)ccc2n1. The largest absolute Gasteiger partial charge is 0.394 e. The quantitative estimate of drug-likeness (QED) is 0.140. The van der Waals surface area contributed by atoms with Crippen LogP contribution in [0.2, 0.25) is 0 Å². The summed E-state index contributed by atoms with van der Waals surface area (Å²) in [5.41, 5.74) is 7.43. The van der Waals surface area contributed by atoms with Gasteiger partial charge in [0.2, 0.25) is 11.8 Å². The number of urea groups is 1. The Balaban J connectivity index is 1.80. The van der Waals surface area contributed by atoms with Crippen LogP contribution < -0.4 is 26.6 Å². The maximum atomic E-state index is 13.7. The zero-order valence-electron chi connectivity index (χ0n) is 26.0.